The molecule has 0 fully saturated rings. The molecule has 0 N–H and O–H groups in total. The standard InChI is InChI=1S/C14H31PS2/c1-5-7-9-11-13(3)15(16,17)14(4)12-10-8-6-2/h13-14H,5-12H2,1-4H3,(H,16,17). The smallest absolute Gasteiger partial charge is 0.00877 e. The van der Waals surface area contributed by atoms with Crippen molar-refractivity contribution in [3.63, 3.8) is 0 Å². The molecule has 0 heterocycles. The fraction of sp³-hybridized carbons (Fsp3) is 1.00. The van der Waals surface area contributed by atoms with E-state index in [9.17, 15) is 0 Å². The van der Waals surface area contributed by atoms with E-state index >= 15 is 0 Å². The second kappa shape index (κ2) is 9.87. The topological polar surface area (TPSA) is 0 Å². The van der Waals surface area contributed by atoms with Gasteiger partial charge in [-0.2, -0.15) is 0 Å². The molecule has 0 rings (SSSR count). The molecule has 17 heavy (non-hydrogen) atoms. The molecule has 2 atom stereocenters. The highest BCUT2D eigenvalue weighted by Crippen LogP contribution is 2.62. The van der Waals surface area contributed by atoms with Gasteiger partial charge in [-0.25, -0.2) is 0 Å². The van der Waals surface area contributed by atoms with Crippen LogP contribution in [0, 0.1) is 0 Å². The Bertz CT molecular complexity index is 208. The van der Waals surface area contributed by atoms with Gasteiger partial charge >= 0.3 is 0 Å². The van der Waals surface area contributed by atoms with E-state index in [1.165, 1.54) is 51.4 Å². The molecule has 0 radical (unpaired) electrons. The van der Waals surface area contributed by atoms with Gasteiger partial charge in [-0.05, 0) is 24.2 Å². The highest BCUT2D eigenvalue weighted by Gasteiger charge is 2.26. The van der Waals surface area contributed by atoms with Gasteiger partial charge in [0.25, 0.3) is 0 Å². The number of hydrogen-bond donors (Lipinski definition) is 1. The minimum Gasteiger partial charge on any atom is -0.140 e. The third kappa shape index (κ3) is 7.23. The van der Waals surface area contributed by atoms with Crippen molar-refractivity contribution in [1.82, 2.24) is 0 Å². The lowest BCUT2D eigenvalue weighted by atomic mass is 10.2. The highest BCUT2D eigenvalue weighted by molar-refractivity contribution is 8.63. The molecule has 0 bridgehead atoms. The Labute approximate surface area is 120 Å². The van der Waals surface area contributed by atoms with Crippen molar-refractivity contribution in [2.75, 3.05) is 0 Å². The zero-order valence-electron chi connectivity index (χ0n) is 12.1. The van der Waals surface area contributed by atoms with Crippen LogP contribution in [0.4, 0.5) is 0 Å². The first-order valence-electron chi connectivity index (χ1n) is 7.28. The molecular weight excluding hydrogens is 263 g/mol. The maximum absolute atomic E-state index is 5.86. The zero-order valence-corrected chi connectivity index (χ0v) is 14.7. The third-order valence-corrected chi connectivity index (χ3v) is 11.3. The molecule has 0 aliphatic rings. The fourth-order valence-electron chi connectivity index (χ4n) is 2.18. The molecule has 0 aromatic carbocycles. The molecule has 0 aliphatic carbocycles. The highest BCUT2D eigenvalue weighted by atomic mass is 32.9. The molecule has 0 aromatic heterocycles. The molecule has 104 valence electrons. The van der Waals surface area contributed by atoms with Crippen molar-refractivity contribution in [3.05, 3.63) is 0 Å². The summed E-state index contributed by atoms with van der Waals surface area (Å²) in [4.78, 5) is 0. The number of unbranched alkanes of at least 4 members (excludes halogenated alkanes) is 4. The van der Waals surface area contributed by atoms with Gasteiger partial charge in [0, 0.05) is 5.24 Å². The Kier molecular flexibility index (Phi) is 10.4. The minimum absolute atomic E-state index is 0.656. The van der Waals surface area contributed by atoms with Crippen LogP contribution in [0.2, 0.25) is 0 Å². The number of hydrogen-bond acceptors (Lipinski definition) is 1. The zero-order chi connectivity index (χ0) is 13.3. The van der Waals surface area contributed by atoms with E-state index in [1.807, 2.05) is 0 Å². The monoisotopic (exact) mass is 294 g/mol. The van der Waals surface area contributed by atoms with Gasteiger partial charge in [-0.15, -0.1) is 12.2 Å². The van der Waals surface area contributed by atoms with Crippen LogP contribution in [0.15, 0.2) is 0 Å². The average molecular weight is 295 g/mol. The van der Waals surface area contributed by atoms with Crippen LogP contribution in [-0.2, 0) is 11.8 Å². The fourth-order valence-corrected chi connectivity index (χ4v) is 5.48. The minimum atomic E-state index is -1.43. The van der Waals surface area contributed by atoms with Gasteiger partial charge in [0.2, 0.25) is 0 Å². The molecule has 0 aliphatic heterocycles. The van der Waals surface area contributed by atoms with Crippen molar-refractivity contribution < 1.29 is 0 Å². The second-order valence-corrected chi connectivity index (χ2v) is 13.1. The van der Waals surface area contributed by atoms with E-state index in [2.05, 4.69) is 27.7 Å². The average Bonchev–Trinajstić information content (AvgIpc) is 2.29. The summed E-state index contributed by atoms with van der Waals surface area (Å²) >= 11 is 10.8. The summed E-state index contributed by atoms with van der Waals surface area (Å²) in [6.07, 6.45) is 10.5. The van der Waals surface area contributed by atoms with Gasteiger partial charge in [-0.1, -0.05) is 78.0 Å². The SMILES string of the molecule is CCCCCC(C)P(=S)(S)C(C)CCCCC. The molecule has 0 amide bonds. The first kappa shape index (κ1) is 18.0. The van der Waals surface area contributed by atoms with Crippen LogP contribution in [0.5, 0.6) is 0 Å². The van der Waals surface area contributed by atoms with E-state index in [0.29, 0.717) is 11.3 Å². The van der Waals surface area contributed by atoms with E-state index in [1.54, 1.807) is 0 Å². The van der Waals surface area contributed by atoms with Gasteiger partial charge in [0.1, 0.15) is 0 Å². The summed E-state index contributed by atoms with van der Waals surface area (Å²) in [5.41, 5.74) is 1.31. The van der Waals surface area contributed by atoms with Crippen molar-refractivity contribution in [2.45, 2.75) is 90.4 Å². The number of rotatable bonds is 10. The molecule has 0 aromatic rings. The molecule has 0 spiro atoms. The largest absolute Gasteiger partial charge is 0.140 e. The lowest BCUT2D eigenvalue weighted by Crippen LogP contribution is -2.10. The molecule has 0 saturated carbocycles. The summed E-state index contributed by atoms with van der Waals surface area (Å²) in [7, 11) is 0. The summed E-state index contributed by atoms with van der Waals surface area (Å²) in [5.74, 6) is 0. The third-order valence-electron chi connectivity index (χ3n) is 3.71. The Morgan fingerprint density at radius 1 is 0.882 bits per heavy atom. The maximum Gasteiger partial charge on any atom is 0.00877 e. The quantitative estimate of drug-likeness (QED) is 0.282. The summed E-state index contributed by atoms with van der Waals surface area (Å²) in [5, 5.41) is -1.43. The van der Waals surface area contributed by atoms with E-state index in [4.69, 9.17) is 24.1 Å². The molecule has 0 saturated heterocycles. The van der Waals surface area contributed by atoms with Crippen LogP contribution >= 0.6 is 17.5 Å². The van der Waals surface area contributed by atoms with Crippen molar-refractivity contribution in [2.24, 2.45) is 0 Å². The van der Waals surface area contributed by atoms with Gasteiger partial charge < -0.3 is 0 Å². The van der Waals surface area contributed by atoms with Crippen LogP contribution in [0.1, 0.15) is 79.1 Å². The Balaban J connectivity index is 4.08. The Morgan fingerprint density at radius 2 is 1.24 bits per heavy atom. The predicted octanol–water partition coefficient (Wildman–Crippen LogP) is 6.25. The van der Waals surface area contributed by atoms with Gasteiger partial charge in [0.15, 0.2) is 0 Å². The normalized spacial score (nSPS) is 18.6. The lowest BCUT2D eigenvalue weighted by molar-refractivity contribution is 0.642. The first-order valence-corrected chi connectivity index (χ1v) is 11.4. The van der Waals surface area contributed by atoms with Crippen molar-refractivity contribution in [3.8, 4) is 0 Å². The van der Waals surface area contributed by atoms with Gasteiger partial charge in [0.05, 0.1) is 0 Å². The van der Waals surface area contributed by atoms with Crippen molar-refractivity contribution in [1.29, 1.82) is 0 Å². The Hall–Kier alpha value is 1.00. The first-order chi connectivity index (χ1) is 7.96. The van der Waals surface area contributed by atoms with E-state index in [0.717, 1.165) is 0 Å². The molecule has 2 unspecified atom stereocenters. The van der Waals surface area contributed by atoms with E-state index in [-0.39, 0.29) is 0 Å². The Morgan fingerprint density at radius 3 is 1.53 bits per heavy atom. The van der Waals surface area contributed by atoms with Crippen LogP contribution in [0.25, 0.3) is 0 Å². The summed E-state index contributed by atoms with van der Waals surface area (Å²) < 4.78 is 0. The molecular formula is C14H31PS2. The second-order valence-electron chi connectivity index (χ2n) is 5.36. The van der Waals surface area contributed by atoms with Crippen LogP contribution < -0.4 is 0 Å². The predicted molar refractivity (Wildman–Crippen MR) is 90.5 cm³/mol. The maximum atomic E-state index is 5.86. The summed E-state index contributed by atoms with van der Waals surface area (Å²) in [6, 6.07) is 0. The van der Waals surface area contributed by atoms with Crippen LogP contribution in [-0.4, -0.2) is 11.3 Å². The van der Waals surface area contributed by atoms with Crippen molar-refractivity contribution >= 4 is 29.3 Å². The van der Waals surface area contributed by atoms with E-state index < -0.39 is 5.24 Å². The summed E-state index contributed by atoms with van der Waals surface area (Å²) in [6.45, 7) is 9.18. The van der Waals surface area contributed by atoms with Gasteiger partial charge in [-0.3, -0.25) is 0 Å². The van der Waals surface area contributed by atoms with Crippen LogP contribution in [0.3, 0.4) is 0 Å². The lowest BCUT2D eigenvalue weighted by Gasteiger charge is -2.30. The molecule has 0 nitrogen and oxygen atoms in total. The number of thiol groups is 1. The molecule has 3 heteroatoms.